The highest BCUT2D eigenvalue weighted by Crippen LogP contribution is 2.46. The first-order valence-electron chi connectivity index (χ1n) is 14.0. The molecule has 0 radical (unpaired) electrons. The fourth-order valence-corrected chi connectivity index (χ4v) is 5.86. The van der Waals surface area contributed by atoms with E-state index in [1.54, 1.807) is 0 Å². The van der Waals surface area contributed by atoms with E-state index in [2.05, 4.69) is 18.7 Å². The molecule has 0 aromatic heterocycles. The van der Waals surface area contributed by atoms with Crippen LogP contribution in [0.5, 0.6) is 0 Å². The minimum absolute atomic E-state index is 0.306. The van der Waals surface area contributed by atoms with Crippen LogP contribution in [0.4, 0.5) is 0 Å². The molecule has 5 atom stereocenters. The summed E-state index contributed by atoms with van der Waals surface area (Å²) in [6.07, 6.45) is 15.2. The van der Waals surface area contributed by atoms with E-state index in [0.717, 1.165) is 25.9 Å². The molecule has 194 valence electrons. The van der Waals surface area contributed by atoms with Gasteiger partial charge in [0, 0.05) is 19.2 Å². The molecule has 0 bridgehead atoms. The maximum atomic E-state index is 11.1. The number of unbranched alkanes of at least 4 members (excludes halogenated alkanes) is 9. The summed E-state index contributed by atoms with van der Waals surface area (Å²) >= 11 is 0. The fourth-order valence-electron chi connectivity index (χ4n) is 5.86. The van der Waals surface area contributed by atoms with Gasteiger partial charge in [-0.3, -0.25) is 4.90 Å². The van der Waals surface area contributed by atoms with E-state index in [1.807, 2.05) is 13.8 Å². The monoisotopic (exact) mass is 469 g/mol. The molecular formula is C27H51NO5. The molecule has 0 saturated carbocycles. The van der Waals surface area contributed by atoms with Crippen molar-refractivity contribution >= 4 is 0 Å². The molecule has 33 heavy (non-hydrogen) atoms. The van der Waals surface area contributed by atoms with Crippen LogP contribution >= 0.6 is 0 Å². The summed E-state index contributed by atoms with van der Waals surface area (Å²) in [5.74, 6) is -1.79. The highest BCUT2D eigenvalue weighted by molar-refractivity contribution is 5.04. The third kappa shape index (κ3) is 7.62. The smallest absolute Gasteiger partial charge is 0.224 e. The average Bonchev–Trinajstić information content (AvgIpc) is 3.40. The lowest BCUT2D eigenvalue weighted by Crippen LogP contribution is -2.45. The van der Waals surface area contributed by atoms with E-state index in [0.29, 0.717) is 19.3 Å². The molecule has 0 aromatic rings. The lowest BCUT2D eigenvalue weighted by atomic mass is 10.0. The first-order valence-corrected chi connectivity index (χ1v) is 14.0. The topological polar surface area (TPSA) is 60.4 Å². The van der Waals surface area contributed by atoms with Crippen molar-refractivity contribution in [2.45, 2.75) is 147 Å². The number of likely N-dealkylation sites (tertiary alicyclic amines) is 1. The lowest BCUT2D eigenvalue weighted by Gasteiger charge is -2.31. The zero-order valence-corrected chi connectivity index (χ0v) is 21.9. The van der Waals surface area contributed by atoms with Crippen molar-refractivity contribution in [1.29, 1.82) is 0 Å². The predicted molar refractivity (Wildman–Crippen MR) is 131 cm³/mol. The minimum atomic E-state index is -1.01. The van der Waals surface area contributed by atoms with Crippen molar-refractivity contribution in [2.24, 2.45) is 0 Å². The van der Waals surface area contributed by atoms with Crippen molar-refractivity contribution in [3.63, 3.8) is 0 Å². The second-order valence-electron chi connectivity index (χ2n) is 10.9. The highest BCUT2D eigenvalue weighted by atomic mass is 16.9. The van der Waals surface area contributed by atoms with Crippen molar-refractivity contribution in [2.75, 3.05) is 26.3 Å². The Labute approximate surface area is 202 Å². The molecule has 3 aliphatic heterocycles. The molecule has 0 aromatic carbocycles. The molecule has 1 unspecified atom stereocenters. The van der Waals surface area contributed by atoms with Crippen molar-refractivity contribution in [1.82, 2.24) is 4.90 Å². The Bertz CT molecular complexity index is 559. The Hall–Kier alpha value is -0.240. The number of fused-ring (bicyclic) bond motifs is 1. The van der Waals surface area contributed by atoms with Crippen LogP contribution in [0.15, 0.2) is 0 Å². The second kappa shape index (κ2) is 13.2. The van der Waals surface area contributed by atoms with Gasteiger partial charge in [-0.2, -0.15) is 0 Å². The number of hydrogen-bond acceptors (Lipinski definition) is 6. The Morgan fingerprint density at radius 3 is 2.27 bits per heavy atom. The lowest BCUT2D eigenvalue weighted by molar-refractivity contribution is -0.279. The highest BCUT2D eigenvalue weighted by Gasteiger charge is 2.65. The molecule has 3 heterocycles. The Morgan fingerprint density at radius 1 is 0.939 bits per heavy atom. The molecule has 1 N–H and O–H groups in total. The third-order valence-electron chi connectivity index (χ3n) is 7.64. The summed E-state index contributed by atoms with van der Waals surface area (Å²) < 4.78 is 24.8. The number of aliphatic hydroxyl groups is 1. The van der Waals surface area contributed by atoms with E-state index >= 15 is 0 Å². The number of rotatable bonds is 16. The largest absolute Gasteiger partial charge is 0.387 e. The Kier molecular flexibility index (Phi) is 10.9. The van der Waals surface area contributed by atoms with Gasteiger partial charge in [0.25, 0.3) is 0 Å². The van der Waals surface area contributed by atoms with E-state index in [4.69, 9.17) is 18.9 Å². The number of hydrogen-bond donors (Lipinski definition) is 1. The predicted octanol–water partition coefficient (Wildman–Crippen LogP) is 5.41. The van der Waals surface area contributed by atoms with Crippen molar-refractivity contribution < 1.29 is 24.1 Å². The van der Waals surface area contributed by atoms with Crippen LogP contribution in [0.3, 0.4) is 0 Å². The van der Waals surface area contributed by atoms with Gasteiger partial charge in [0.15, 0.2) is 5.79 Å². The van der Waals surface area contributed by atoms with Gasteiger partial charge in [0.2, 0.25) is 5.79 Å². The van der Waals surface area contributed by atoms with E-state index in [-0.39, 0.29) is 6.10 Å². The van der Waals surface area contributed by atoms with Gasteiger partial charge in [-0.1, -0.05) is 71.6 Å². The van der Waals surface area contributed by atoms with Crippen molar-refractivity contribution in [3.05, 3.63) is 0 Å². The van der Waals surface area contributed by atoms with E-state index < -0.39 is 23.8 Å². The molecule has 0 spiro atoms. The molecule has 0 amide bonds. The summed E-state index contributed by atoms with van der Waals surface area (Å²) in [4.78, 5) is 2.46. The second-order valence-corrected chi connectivity index (χ2v) is 10.9. The molecular weight excluding hydrogens is 418 g/mol. The van der Waals surface area contributed by atoms with Gasteiger partial charge in [-0.15, -0.1) is 0 Å². The van der Waals surface area contributed by atoms with E-state index in [9.17, 15) is 5.11 Å². The molecule has 3 aliphatic rings. The minimum Gasteiger partial charge on any atom is -0.387 e. The number of nitrogens with zero attached hydrogens (tertiary/aromatic N) is 1. The summed E-state index contributed by atoms with van der Waals surface area (Å²) in [6.45, 7) is 11.1. The van der Waals surface area contributed by atoms with Crippen LogP contribution in [-0.2, 0) is 18.9 Å². The van der Waals surface area contributed by atoms with Gasteiger partial charge >= 0.3 is 0 Å². The maximum absolute atomic E-state index is 11.1. The molecule has 3 fully saturated rings. The summed E-state index contributed by atoms with van der Waals surface area (Å²) in [7, 11) is 0. The first-order chi connectivity index (χ1) is 15.9. The maximum Gasteiger partial charge on any atom is 0.224 e. The SMILES string of the molecule is CCCCCCCCCCCCOC[C@@]12O[C@@H](CN3CCCC3CC)[C@@H](O)[C@@H]1OC(C)(C)O2. The molecule has 3 saturated heterocycles. The summed E-state index contributed by atoms with van der Waals surface area (Å²) in [5, 5.41) is 11.1. The Balaban J connectivity index is 1.37. The standard InChI is InChI=1S/C27H51NO5/c1-5-7-8-9-10-11-12-13-14-15-19-30-21-27-25(32-26(3,4)33-27)24(29)23(31-27)20-28-18-16-17-22(28)6-2/h22-25,29H,5-21H2,1-4H3/t22?,23-,24+,25-,27-/m0/s1. The van der Waals surface area contributed by atoms with Crippen LogP contribution in [0, 0.1) is 0 Å². The van der Waals surface area contributed by atoms with Gasteiger partial charge in [0.1, 0.15) is 24.9 Å². The zero-order valence-electron chi connectivity index (χ0n) is 21.9. The van der Waals surface area contributed by atoms with Crippen molar-refractivity contribution in [3.8, 4) is 0 Å². The fraction of sp³-hybridized carbons (Fsp3) is 1.00. The molecule has 6 heteroatoms. The molecule has 0 aliphatic carbocycles. The van der Waals surface area contributed by atoms with Crippen LogP contribution in [0.1, 0.15) is 111 Å². The van der Waals surface area contributed by atoms with Gasteiger partial charge in [-0.05, 0) is 46.1 Å². The van der Waals surface area contributed by atoms with Crippen LogP contribution in [-0.4, -0.2) is 72.2 Å². The summed E-state index contributed by atoms with van der Waals surface area (Å²) in [6, 6.07) is 0.586. The third-order valence-corrected chi connectivity index (χ3v) is 7.64. The zero-order chi connectivity index (χ0) is 23.7. The van der Waals surface area contributed by atoms with Crippen LogP contribution in [0.25, 0.3) is 0 Å². The number of aliphatic hydroxyl groups excluding tert-OH is 1. The number of ether oxygens (including phenoxy) is 4. The van der Waals surface area contributed by atoms with Gasteiger partial charge < -0.3 is 24.1 Å². The van der Waals surface area contributed by atoms with Gasteiger partial charge in [0.05, 0.1) is 0 Å². The molecule has 3 rings (SSSR count). The van der Waals surface area contributed by atoms with E-state index in [1.165, 1.54) is 70.6 Å². The first kappa shape index (κ1) is 27.3. The normalized spacial score (nSPS) is 33.7. The summed E-state index contributed by atoms with van der Waals surface area (Å²) in [5.41, 5.74) is 0. The quantitative estimate of drug-likeness (QED) is 0.305. The van der Waals surface area contributed by atoms with Crippen LogP contribution in [0.2, 0.25) is 0 Å². The Morgan fingerprint density at radius 2 is 1.61 bits per heavy atom. The van der Waals surface area contributed by atoms with Crippen LogP contribution < -0.4 is 0 Å². The average molecular weight is 470 g/mol. The van der Waals surface area contributed by atoms with Gasteiger partial charge in [-0.25, -0.2) is 0 Å². The molecule has 6 nitrogen and oxygen atoms in total.